The third kappa shape index (κ3) is 1.12. The molecule has 0 aliphatic rings. The molecule has 0 fully saturated rings. The van der Waals surface area contributed by atoms with Crippen LogP contribution in [0.3, 0.4) is 0 Å². The first-order chi connectivity index (χ1) is 4.74. The van der Waals surface area contributed by atoms with Crippen molar-refractivity contribution in [3.63, 3.8) is 0 Å². The first-order valence-corrected chi connectivity index (χ1v) is 2.81. The van der Waals surface area contributed by atoms with E-state index < -0.39 is 0 Å². The van der Waals surface area contributed by atoms with E-state index in [1.807, 2.05) is 0 Å². The van der Waals surface area contributed by atoms with Crippen molar-refractivity contribution in [2.75, 3.05) is 0 Å². The van der Waals surface area contributed by atoms with Gasteiger partial charge in [-0.2, -0.15) is 5.10 Å². The number of hydrogen-bond acceptors (Lipinski definition) is 3. The lowest BCUT2D eigenvalue weighted by Gasteiger charge is -1.85. The summed E-state index contributed by atoms with van der Waals surface area (Å²) in [5.41, 5.74) is -0.343. The van der Waals surface area contributed by atoms with E-state index in [9.17, 15) is 9.59 Å². The average molecular weight is 141 g/mol. The molecule has 0 saturated heterocycles. The highest BCUT2D eigenvalue weighted by Gasteiger charge is 1.97. The van der Waals surface area contributed by atoms with Gasteiger partial charge in [-0.1, -0.05) is 0 Å². The summed E-state index contributed by atoms with van der Waals surface area (Å²) in [7, 11) is 0. The maximum absolute atomic E-state index is 10.7. The Kier molecular flexibility index (Phi) is 1.66. The number of aromatic nitrogens is 3. The Balaban J connectivity index is 3.03. The van der Waals surface area contributed by atoms with Crippen molar-refractivity contribution < 1.29 is 4.79 Å². The van der Waals surface area contributed by atoms with Gasteiger partial charge < -0.3 is 4.79 Å². The molecule has 0 amide bonds. The number of carbonyl (C=O) groups excluding carboxylic acids is 1. The maximum Gasteiger partial charge on any atom is 0.343 e. The predicted molar refractivity (Wildman–Crippen MR) is 33.6 cm³/mol. The van der Waals surface area contributed by atoms with Gasteiger partial charge in [0.15, 0.2) is 0 Å². The van der Waals surface area contributed by atoms with E-state index in [2.05, 4.69) is 10.1 Å². The number of hydrogen-bond donors (Lipinski definition) is 1. The number of carbonyl (C=O) groups is 1. The normalized spacial score (nSPS) is 9.70. The fraction of sp³-hybridized carbons (Fsp3) is 0.400. The van der Waals surface area contributed by atoms with E-state index >= 15 is 0 Å². The molecule has 5 nitrogen and oxygen atoms in total. The monoisotopic (exact) mass is 141 g/mol. The van der Waals surface area contributed by atoms with Crippen LogP contribution in [-0.2, 0) is 11.3 Å². The molecule has 1 N–H and O–H groups in total. The number of nitrogens with one attached hydrogen (secondary N) is 1. The minimum Gasteiger partial charge on any atom is -0.301 e. The quantitative estimate of drug-likeness (QED) is 0.541. The van der Waals surface area contributed by atoms with E-state index in [0.717, 1.165) is 4.68 Å². The van der Waals surface area contributed by atoms with Crippen LogP contribution in [0.25, 0.3) is 0 Å². The maximum atomic E-state index is 10.7. The van der Waals surface area contributed by atoms with Gasteiger partial charge in [0.05, 0.1) is 0 Å². The fourth-order valence-corrected chi connectivity index (χ4v) is 0.665. The van der Waals surface area contributed by atoms with E-state index in [1.54, 1.807) is 6.92 Å². The largest absolute Gasteiger partial charge is 0.343 e. The van der Waals surface area contributed by atoms with Crippen LogP contribution in [0.1, 0.15) is 5.82 Å². The second kappa shape index (κ2) is 2.47. The number of aryl methyl sites for hydroxylation is 1. The lowest BCUT2D eigenvalue weighted by molar-refractivity contribution is -0.108. The van der Waals surface area contributed by atoms with Crippen LogP contribution in [0.5, 0.6) is 0 Å². The Bertz CT molecular complexity index is 285. The second-order valence-electron chi connectivity index (χ2n) is 1.86. The zero-order valence-corrected chi connectivity index (χ0v) is 5.50. The van der Waals surface area contributed by atoms with Crippen molar-refractivity contribution in [2.24, 2.45) is 0 Å². The van der Waals surface area contributed by atoms with E-state index in [1.165, 1.54) is 0 Å². The predicted octanol–water partition coefficient (Wildman–Crippen LogP) is -0.921. The molecule has 0 aliphatic heterocycles. The summed E-state index contributed by atoms with van der Waals surface area (Å²) < 4.78 is 1.07. The smallest absolute Gasteiger partial charge is 0.301 e. The number of H-pyrrole nitrogens is 1. The SMILES string of the molecule is Cc1nn(CC=O)c(=O)[nH]1. The Morgan fingerprint density at radius 2 is 2.50 bits per heavy atom. The number of nitrogens with zero attached hydrogens (tertiary/aromatic N) is 2. The third-order valence-electron chi connectivity index (χ3n) is 1.04. The van der Waals surface area contributed by atoms with Crippen LogP contribution in [-0.4, -0.2) is 21.1 Å². The molecule has 54 valence electrons. The number of rotatable bonds is 2. The number of aldehydes is 1. The highest BCUT2D eigenvalue weighted by molar-refractivity contribution is 5.48. The van der Waals surface area contributed by atoms with Crippen LogP contribution in [0.15, 0.2) is 4.79 Å². The minimum absolute atomic E-state index is 0.0170. The molecule has 0 aromatic carbocycles. The van der Waals surface area contributed by atoms with Gasteiger partial charge in [-0.25, -0.2) is 9.48 Å². The summed E-state index contributed by atoms with van der Waals surface area (Å²) in [6, 6.07) is 0. The van der Waals surface area contributed by atoms with Crippen molar-refractivity contribution in [3.05, 3.63) is 16.3 Å². The zero-order chi connectivity index (χ0) is 7.56. The highest BCUT2D eigenvalue weighted by atomic mass is 16.2. The molecule has 0 atom stereocenters. The van der Waals surface area contributed by atoms with Gasteiger partial charge in [0.2, 0.25) is 0 Å². The molecule has 1 heterocycles. The van der Waals surface area contributed by atoms with E-state index in [-0.39, 0.29) is 12.2 Å². The first-order valence-electron chi connectivity index (χ1n) is 2.81. The van der Waals surface area contributed by atoms with Gasteiger partial charge in [0.25, 0.3) is 0 Å². The average Bonchev–Trinajstić information content (AvgIpc) is 2.13. The Morgan fingerprint density at radius 3 is 2.90 bits per heavy atom. The fourth-order valence-electron chi connectivity index (χ4n) is 0.665. The Morgan fingerprint density at radius 1 is 1.80 bits per heavy atom. The summed E-state index contributed by atoms with van der Waals surface area (Å²) >= 11 is 0. The van der Waals surface area contributed by atoms with Gasteiger partial charge in [-0.15, -0.1) is 0 Å². The van der Waals surface area contributed by atoms with Gasteiger partial charge >= 0.3 is 5.69 Å². The van der Waals surface area contributed by atoms with Gasteiger partial charge in [0.1, 0.15) is 18.7 Å². The lowest BCUT2D eigenvalue weighted by atomic mass is 10.7. The summed E-state index contributed by atoms with van der Waals surface area (Å²) in [4.78, 5) is 23.1. The lowest BCUT2D eigenvalue weighted by Crippen LogP contribution is -2.18. The first kappa shape index (κ1) is 6.73. The highest BCUT2D eigenvalue weighted by Crippen LogP contribution is 1.76. The molecule has 0 saturated carbocycles. The summed E-state index contributed by atoms with van der Waals surface area (Å²) in [5, 5.41) is 3.72. The summed E-state index contributed by atoms with van der Waals surface area (Å²) in [6.07, 6.45) is 0.627. The van der Waals surface area contributed by atoms with Gasteiger partial charge in [0, 0.05) is 0 Å². The molecule has 0 aliphatic carbocycles. The van der Waals surface area contributed by atoms with Crippen molar-refractivity contribution in [3.8, 4) is 0 Å². The molecule has 5 heteroatoms. The summed E-state index contributed by atoms with van der Waals surface area (Å²) in [6.45, 7) is 1.67. The number of aromatic amines is 1. The van der Waals surface area contributed by atoms with Crippen molar-refractivity contribution >= 4 is 6.29 Å². The topological polar surface area (TPSA) is 67.8 Å². The van der Waals surface area contributed by atoms with Crippen LogP contribution in [0, 0.1) is 6.92 Å². The van der Waals surface area contributed by atoms with Gasteiger partial charge in [-0.3, -0.25) is 4.98 Å². The van der Waals surface area contributed by atoms with Gasteiger partial charge in [-0.05, 0) is 6.92 Å². The van der Waals surface area contributed by atoms with E-state index in [4.69, 9.17) is 0 Å². The van der Waals surface area contributed by atoms with Crippen molar-refractivity contribution in [1.82, 2.24) is 14.8 Å². The van der Waals surface area contributed by atoms with Crippen LogP contribution < -0.4 is 5.69 Å². The van der Waals surface area contributed by atoms with Crippen LogP contribution in [0.4, 0.5) is 0 Å². The Labute approximate surface area is 56.7 Å². The van der Waals surface area contributed by atoms with E-state index in [0.29, 0.717) is 12.1 Å². The minimum atomic E-state index is -0.343. The van der Waals surface area contributed by atoms with Crippen LogP contribution in [0.2, 0.25) is 0 Å². The molecule has 10 heavy (non-hydrogen) atoms. The Hall–Kier alpha value is -1.39. The molecule has 1 rings (SSSR count). The molecule has 1 aromatic heterocycles. The molecule has 0 unspecified atom stereocenters. The van der Waals surface area contributed by atoms with Crippen molar-refractivity contribution in [1.29, 1.82) is 0 Å². The van der Waals surface area contributed by atoms with Crippen molar-refractivity contribution in [2.45, 2.75) is 13.5 Å². The molecule has 0 spiro atoms. The molecular weight excluding hydrogens is 134 g/mol. The zero-order valence-electron chi connectivity index (χ0n) is 5.50. The summed E-state index contributed by atoms with van der Waals surface area (Å²) in [5.74, 6) is 0.520. The molecule has 0 bridgehead atoms. The van der Waals surface area contributed by atoms with Crippen LogP contribution >= 0.6 is 0 Å². The second-order valence-corrected chi connectivity index (χ2v) is 1.86. The molecule has 0 radical (unpaired) electrons. The standard InChI is InChI=1S/C5H7N3O2/c1-4-6-5(10)8(7-4)2-3-9/h3H,2H2,1H3,(H,6,7,10). The molecule has 1 aromatic rings. The molecular formula is C5H7N3O2. The third-order valence-corrected chi connectivity index (χ3v) is 1.04.